The van der Waals surface area contributed by atoms with Crippen molar-refractivity contribution in [2.75, 3.05) is 33.3 Å². The molecule has 1 saturated carbocycles. The third-order valence-corrected chi connectivity index (χ3v) is 3.77. The Kier molecular flexibility index (Phi) is 5.75. The van der Waals surface area contributed by atoms with Crippen molar-refractivity contribution in [3.63, 3.8) is 0 Å². The van der Waals surface area contributed by atoms with Crippen LogP contribution in [0.25, 0.3) is 0 Å². The number of likely N-dealkylation sites (N-methyl/N-ethyl adjacent to an activating group) is 1. The topological polar surface area (TPSA) is 24.5 Å². The largest absolute Gasteiger partial charge is 0.377 e. The van der Waals surface area contributed by atoms with E-state index in [1.54, 1.807) is 0 Å². The highest BCUT2D eigenvalue weighted by atomic mass is 16.5. The predicted molar refractivity (Wildman–Crippen MR) is 71.3 cm³/mol. The van der Waals surface area contributed by atoms with Gasteiger partial charge in [-0.25, -0.2) is 0 Å². The summed E-state index contributed by atoms with van der Waals surface area (Å²) in [7, 11) is 2.23. The van der Waals surface area contributed by atoms with Crippen molar-refractivity contribution >= 4 is 0 Å². The van der Waals surface area contributed by atoms with E-state index in [0.29, 0.717) is 6.10 Å². The van der Waals surface area contributed by atoms with Crippen LogP contribution in [0.5, 0.6) is 0 Å². The van der Waals surface area contributed by atoms with E-state index >= 15 is 0 Å². The summed E-state index contributed by atoms with van der Waals surface area (Å²) in [5.74, 6) is 0. The van der Waals surface area contributed by atoms with E-state index in [4.69, 9.17) is 4.74 Å². The standard InChI is InChI=1S/C14H28N2O/c1-16(12-14-6-5-11-17-14)10-4-2-3-9-15-13-7-8-13/h13-15H,2-12H2,1H3. The van der Waals surface area contributed by atoms with E-state index in [1.165, 1.54) is 58.0 Å². The van der Waals surface area contributed by atoms with Gasteiger partial charge >= 0.3 is 0 Å². The minimum Gasteiger partial charge on any atom is -0.377 e. The lowest BCUT2D eigenvalue weighted by Crippen LogP contribution is -2.29. The molecular formula is C14H28N2O. The lowest BCUT2D eigenvalue weighted by molar-refractivity contribution is 0.0807. The SMILES string of the molecule is CN(CCCCCNC1CC1)CC1CCCO1. The number of unbranched alkanes of at least 4 members (excludes halogenated alkanes) is 2. The molecule has 2 aliphatic rings. The minimum atomic E-state index is 0.511. The van der Waals surface area contributed by atoms with Crippen LogP contribution in [0.1, 0.15) is 44.9 Å². The Hall–Kier alpha value is -0.120. The molecule has 1 saturated heterocycles. The second-order valence-corrected chi connectivity index (χ2v) is 5.69. The van der Waals surface area contributed by atoms with Crippen LogP contribution in [0.3, 0.4) is 0 Å². The number of hydrogen-bond acceptors (Lipinski definition) is 3. The summed E-state index contributed by atoms with van der Waals surface area (Å²) in [5.41, 5.74) is 0. The Balaban J connectivity index is 1.38. The second kappa shape index (κ2) is 7.34. The molecule has 2 fully saturated rings. The van der Waals surface area contributed by atoms with Crippen LogP contribution < -0.4 is 5.32 Å². The first kappa shape index (κ1) is 13.3. The first-order valence-corrected chi connectivity index (χ1v) is 7.38. The molecule has 0 amide bonds. The zero-order valence-electron chi connectivity index (χ0n) is 11.3. The van der Waals surface area contributed by atoms with Gasteiger partial charge in [-0.05, 0) is 58.7 Å². The van der Waals surface area contributed by atoms with Gasteiger partial charge < -0.3 is 15.0 Å². The van der Waals surface area contributed by atoms with Gasteiger partial charge in [0.1, 0.15) is 0 Å². The van der Waals surface area contributed by atoms with Crippen molar-refractivity contribution < 1.29 is 4.74 Å². The number of nitrogens with zero attached hydrogens (tertiary/aromatic N) is 1. The Morgan fingerprint density at radius 1 is 1.18 bits per heavy atom. The minimum absolute atomic E-state index is 0.511. The molecule has 2 rings (SSSR count). The average molecular weight is 240 g/mol. The van der Waals surface area contributed by atoms with Gasteiger partial charge in [0, 0.05) is 19.2 Å². The molecule has 1 aliphatic carbocycles. The first-order chi connectivity index (χ1) is 8.34. The van der Waals surface area contributed by atoms with Gasteiger partial charge in [-0.3, -0.25) is 0 Å². The molecule has 100 valence electrons. The fourth-order valence-electron chi connectivity index (χ4n) is 2.50. The van der Waals surface area contributed by atoms with Crippen molar-refractivity contribution in [3.05, 3.63) is 0 Å². The summed E-state index contributed by atoms with van der Waals surface area (Å²) >= 11 is 0. The van der Waals surface area contributed by atoms with Gasteiger partial charge in [0.05, 0.1) is 6.10 Å². The maximum absolute atomic E-state index is 5.65. The van der Waals surface area contributed by atoms with Crippen molar-refractivity contribution in [2.45, 2.75) is 57.1 Å². The number of ether oxygens (including phenoxy) is 1. The molecule has 1 aliphatic heterocycles. The van der Waals surface area contributed by atoms with Gasteiger partial charge in [-0.1, -0.05) is 6.42 Å². The molecule has 1 unspecified atom stereocenters. The molecule has 1 heterocycles. The van der Waals surface area contributed by atoms with Crippen LogP contribution in [-0.4, -0.2) is 50.3 Å². The fourth-order valence-corrected chi connectivity index (χ4v) is 2.50. The lowest BCUT2D eigenvalue weighted by Gasteiger charge is -2.20. The molecule has 0 radical (unpaired) electrons. The van der Waals surface area contributed by atoms with Gasteiger partial charge in [-0.15, -0.1) is 0 Å². The van der Waals surface area contributed by atoms with Crippen LogP contribution in [-0.2, 0) is 4.74 Å². The molecule has 0 spiro atoms. The van der Waals surface area contributed by atoms with Crippen LogP contribution in [0, 0.1) is 0 Å². The number of rotatable bonds is 9. The van der Waals surface area contributed by atoms with E-state index in [-0.39, 0.29) is 0 Å². The van der Waals surface area contributed by atoms with Crippen LogP contribution >= 0.6 is 0 Å². The first-order valence-electron chi connectivity index (χ1n) is 7.38. The second-order valence-electron chi connectivity index (χ2n) is 5.69. The summed E-state index contributed by atoms with van der Waals surface area (Å²) in [4.78, 5) is 2.43. The molecule has 1 N–H and O–H groups in total. The van der Waals surface area contributed by atoms with Crippen molar-refractivity contribution in [3.8, 4) is 0 Å². The summed E-state index contributed by atoms with van der Waals surface area (Å²) in [6.45, 7) is 4.55. The van der Waals surface area contributed by atoms with Gasteiger partial charge in [0.2, 0.25) is 0 Å². The van der Waals surface area contributed by atoms with Crippen molar-refractivity contribution in [2.24, 2.45) is 0 Å². The van der Waals surface area contributed by atoms with Crippen LogP contribution in [0.15, 0.2) is 0 Å². The molecule has 0 aromatic carbocycles. The smallest absolute Gasteiger partial charge is 0.0702 e. The Labute approximate surface area is 106 Å². The highest BCUT2D eigenvalue weighted by molar-refractivity contribution is 4.80. The Morgan fingerprint density at radius 2 is 2.06 bits per heavy atom. The molecule has 1 atom stereocenters. The highest BCUT2D eigenvalue weighted by Crippen LogP contribution is 2.18. The van der Waals surface area contributed by atoms with E-state index in [0.717, 1.165) is 19.2 Å². The van der Waals surface area contributed by atoms with E-state index in [2.05, 4.69) is 17.3 Å². The average Bonchev–Trinajstić information content (AvgIpc) is 3.00. The molecule has 3 heteroatoms. The number of nitrogens with one attached hydrogen (secondary N) is 1. The normalized spacial score (nSPS) is 24.7. The molecule has 17 heavy (non-hydrogen) atoms. The van der Waals surface area contributed by atoms with E-state index < -0.39 is 0 Å². The zero-order valence-corrected chi connectivity index (χ0v) is 11.3. The van der Waals surface area contributed by atoms with Gasteiger partial charge in [0.25, 0.3) is 0 Å². The number of hydrogen-bond donors (Lipinski definition) is 1. The molecule has 0 aromatic rings. The molecular weight excluding hydrogens is 212 g/mol. The maximum atomic E-state index is 5.65. The Bertz CT molecular complexity index is 200. The molecule has 0 bridgehead atoms. The summed E-state index contributed by atoms with van der Waals surface area (Å²) in [6, 6.07) is 0.872. The Morgan fingerprint density at radius 3 is 2.76 bits per heavy atom. The summed E-state index contributed by atoms with van der Waals surface area (Å²) in [6.07, 6.45) is 9.86. The summed E-state index contributed by atoms with van der Waals surface area (Å²) < 4.78 is 5.65. The summed E-state index contributed by atoms with van der Waals surface area (Å²) in [5, 5.41) is 3.57. The highest BCUT2D eigenvalue weighted by Gasteiger charge is 2.19. The van der Waals surface area contributed by atoms with E-state index in [9.17, 15) is 0 Å². The molecule has 0 aromatic heterocycles. The predicted octanol–water partition coefficient (Wildman–Crippen LogP) is 2.02. The maximum Gasteiger partial charge on any atom is 0.0702 e. The fraction of sp³-hybridized carbons (Fsp3) is 1.00. The van der Waals surface area contributed by atoms with Gasteiger partial charge in [0.15, 0.2) is 0 Å². The van der Waals surface area contributed by atoms with Crippen molar-refractivity contribution in [1.82, 2.24) is 10.2 Å². The third kappa shape index (κ3) is 5.84. The molecule has 3 nitrogen and oxygen atoms in total. The zero-order chi connectivity index (χ0) is 11.9. The lowest BCUT2D eigenvalue weighted by atomic mass is 10.2. The van der Waals surface area contributed by atoms with Crippen molar-refractivity contribution in [1.29, 1.82) is 0 Å². The monoisotopic (exact) mass is 240 g/mol. The van der Waals surface area contributed by atoms with Crippen LogP contribution in [0.2, 0.25) is 0 Å². The quantitative estimate of drug-likeness (QED) is 0.624. The van der Waals surface area contributed by atoms with E-state index in [1.807, 2.05) is 0 Å². The van der Waals surface area contributed by atoms with Gasteiger partial charge in [-0.2, -0.15) is 0 Å². The third-order valence-electron chi connectivity index (χ3n) is 3.77. The van der Waals surface area contributed by atoms with Crippen LogP contribution in [0.4, 0.5) is 0 Å².